The molecule has 0 aliphatic carbocycles. The summed E-state index contributed by atoms with van der Waals surface area (Å²) in [6.07, 6.45) is 0. The fourth-order valence-electron chi connectivity index (χ4n) is 1.69. The molecular weight excluding hydrogens is 311 g/mol. The Morgan fingerprint density at radius 2 is 2.00 bits per heavy atom. The van der Waals surface area contributed by atoms with E-state index < -0.39 is 17.6 Å². The van der Waals surface area contributed by atoms with Gasteiger partial charge in [-0.2, -0.15) is 0 Å². The van der Waals surface area contributed by atoms with Gasteiger partial charge in [0.05, 0.1) is 10.6 Å². The molecule has 7 heteroatoms. The average molecular weight is 323 g/mol. The van der Waals surface area contributed by atoms with Crippen LogP contribution in [0.15, 0.2) is 42.5 Å². The van der Waals surface area contributed by atoms with E-state index in [-0.39, 0.29) is 17.2 Å². The van der Waals surface area contributed by atoms with Gasteiger partial charge in [0.25, 0.3) is 11.8 Å². The van der Waals surface area contributed by atoms with Crippen molar-refractivity contribution >= 4 is 29.1 Å². The molecule has 114 valence electrons. The van der Waals surface area contributed by atoms with Gasteiger partial charge in [-0.3, -0.25) is 9.59 Å². The number of carbonyl (C=O) groups is 2. The van der Waals surface area contributed by atoms with Gasteiger partial charge in [0, 0.05) is 11.8 Å². The molecule has 2 amide bonds. The molecule has 0 heterocycles. The third kappa shape index (κ3) is 4.20. The van der Waals surface area contributed by atoms with Crippen molar-refractivity contribution in [1.29, 1.82) is 0 Å². The number of amides is 2. The van der Waals surface area contributed by atoms with Gasteiger partial charge >= 0.3 is 0 Å². The summed E-state index contributed by atoms with van der Waals surface area (Å²) in [5.41, 5.74) is 5.57. The van der Waals surface area contributed by atoms with E-state index in [0.29, 0.717) is 11.4 Å². The lowest BCUT2D eigenvalue weighted by Crippen LogP contribution is -2.20. The van der Waals surface area contributed by atoms with Crippen LogP contribution in [0.1, 0.15) is 10.4 Å². The Hall–Kier alpha value is -2.60. The van der Waals surface area contributed by atoms with E-state index in [0.717, 1.165) is 12.1 Å². The van der Waals surface area contributed by atoms with Gasteiger partial charge in [-0.05, 0) is 30.3 Å². The van der Waals surface area contributed by atoms with Crippen LogP contribution in [0.5, 0.6) is 5.75 Å². The fourth-order valence-corrected chi connectivity index (χ4v) is 1.94. The van der Waals surface area contributed by atoms with Crippen molar-refractivity contribution in [3.63, 3.8) is 0 Å². The molecule has 0 atom stereocenters. The molecular formula is C15H12ClFN2O3. The van der Waals surface area contributed by atoms with E-state index in [1.165, 1.54) is 12.1 Å². The number of ether oxygens (including phenoxy) is 1. The fraction of sp³-hybridized carbons (Fsp3) is 0.0667. The maximum absolute atomic E-state index is 13.0. The molecule has 2 aromatic carbocycles. The summed E-state index contributed by atoms with van der Waals surface area (Å²) < 4.78 is 18.1. The zero-order valence-electron chi connectivity index (χ0n) is 11.3. The van der Waals surface area contributed by atoms with Gasteiger partial charge in [-0.15, -0.1) is 0 Å². The first-order valence-corrected chi connectivity index (χ1v) is 6.61. The van der Waals surface area contributed by atoms with Gasteiger partial charge in [0.15, 0.2) is 6.61 Å². The molecule has 0 radical (unpaired) electrons. The molecule has 5 nitrogen and oxygen atoms in total. The van der Waals surface area contributed by atoms with Crippen LogP contribution in [-0.2, 0) is 4.79 Å². The predicted molar refractivity (Wildman–Crippen MR) is 80.5 cm³/mol. The third-order valence-corrected chi connectivity index (χ3v) is 2.96. The minimum atomic E-state index is -0.604. The summed E-state index contributed by atoms with van der Waals surface area (Å²) in [6.45, 7) is -0.263. The first-order valence-electron chi connectivity index (χ1n) is 6.23. The van der Waals surface area contributed by atoms with Gasteiger partial charge in [-0.25, -0.2) is 4.39 Å². The van der Waals surface area contributed by atoms with Crippen molar-refractivity contribution in [3.8, 4) is 5.75 Å². The normalized spacial score (nSPS) is 10.1. The summed E-state index contributed by atoms with van der Waals surface area (Å²) in [4.78, 5) is 22.8. The maximum Gasteiger partial charge on any atom is 0.257 e. The van der Waals surface area contributed by atoms with E-state index >= 15 is 0 Å². The van der Waals surface area contributed by atoms with Crippen LogP contribution in [0, 0.1) is 5.82 Å². The Kier molecular flexibility index (Phi) is 4.95. The SMILES string of the molecule is NC(=O)COc1cccc(NC(=O)c2ccc(F)cc2Cl)c1. The molecule has 2 aromatic rings. The minimum absolute atomic E-state index is 0.0126. The molecule has 22 heavy (non-hydrogen) atoms. The monoisotopic (exact) mass is 322 g/mol. The second-order valence-corrected chi connectivity index (χ2v) is 4.77. The number of nitrogens with two attached hydrogens (primary N) is 1. The standard InChI is InChI=1S/C15H12ClFN2O3/c16-13-6-9(17)4-5-12(13)15(21)19-10-2-1-3-11(7-10)22-8-14(18)20/h1-7H,8H2,(H2,18,20)(H,19,21). The summed E-state index contributed by atoms with van der Waals surface area (Å²) in [7, 11) is 0. The summed E-state index contributed by atoms with van der Waals surface area (Å²) in [5, 5.41) is 2.62. The molecule has 0 fully saturated rings. The van der Waals surface area contributed by atoms with E-state index in [1.54, 1.807) is 18.2 Å². The number of hydrogen-bond donors (Lipinski definition) is 2. The zero-order chi connectivity index (χ0) is 16.1. The second-order valence-electron chi connectivity index (χ2n) is 4.36. The van der Waals surface area contributed by atoms with Crippen LogP contribution in [0.2, 0.25) is 5.02 Å². The molecule has 2 rings (SSSR count). The number of primary amides is 1. The van der Waals surface area contributed by atoms with Crippen molar-refractivity contribution in [2.75, 3.05) is 11.9 Å². The van der Waals surface area contributed by atoms with Crippen LogP contribution in [0.4, 0.5) is 10.1 Å². The first-order chi connectivity index (χ1) is 10.5. The molecule has 0 aliphatic heterocycles. The average Bonchev–Trinajstić information content (AvgIpc) is 2.45. The highest BCUT2D eigenvalue weighted by atomic mass is 35.5. The Morgan fingerprint density at radius 3 is 2.68 bits per heavy atom. The molecule has 0 saturated heterocycles. The van der Waals surface area contributed by atoms with Crippen molar-refractivity contribution in [1.82, 2.24) is 0 Å². The van der Waals surface area contributed by atoms with Crippen LogP contribution in [0.25, 0.3) is 0 Å². The Balaban J connectivity index is 2.11. The molecule has 0 spiro atoms. The number of carbonyl (C=O) groups excluding carboxylic acids is 2. The number of hydrogen-bond acceptors (Lipinski definition) is 3. The lowest BCUT2D eigenvalue weighted by atomic mass is 10.2. The van der Waals surface area contributed by atoms with Gasteiger partial charge < -0.3 is 15.8 Å². The highest BCUT2D eigenvalue weighted by molar-refractivity contribution is 6.34. The van der Waals surface area contributed by atoms with Gasteiger partial charge in [0.1, 0.15) is 11.6 Å². The highest BCUT2D eigenvalue weighted by Gasteiger charge is 2.11. The highest BCUT2D eigenvalue weighted by Crippen LogP contribution is 2.21. The lowest BCUT2D eigenvalue weighted by molar-refractivity contribution is -0.119. The van der Waals surface area contributed by atoms with Crippen LogP contribution in [-0.4, -0.2) is 18.4 Å². The Labute approximate surface area is 130 Å². The van der Waals surface area contributed by atoms with Crippen molar-refractivity contribution < 1.29 is 18.7 Å². The molecule has 0 aromatic heterocycles. The largest absolute Gasteiger partial charge is 0.484 e. The quantitative estimate of drug-likeness (QED) is 0.887. The van der Waals surface area contributed by atoms with E-state index in [9.17, 15) is 14.0 Å². The second kappa shape index (κ2) is 6.91. The smallest absolute Gasteiger partial charge is 0.257 e. The number of rotatable bonds is 5. The van der Waals surface area contributed by atoms with E-state index in [2.05, 4.69) is 5.32 Å². The molecule has 0 aliphatic rings. The zero-order valence-corrected chi connectivity index (χ0v) is 12.1. The number of anilines is 1. The van der Waals surface area contributed by atoms with Crippen molar-refractivity contribution in [2.24, 2.45) is 5.73 Å². The number of benzene rings is 2. The molecule has 0 unspecified atom stereocenters. The number of nitrogens with one attached hydrogen (secondary N) is 1. The van der Waals surface area contributed by atoms with Crippen LogP contribution in [0.3, 0.4) is 0 Å². The summed E-state index contributed by atoms with van der Waals surface area (Å²) >= 11 is 5.83. The van der Waals surface area contributed by atoms with Crippen molar-refractivity contribution in [2.45, 2.75) is 0 Å². The number of halogens is 2. The van der Waals surface area contributed by atoms with Gasteiger partial charge in [0.2, 0.25) is 0 Å². The molecule has 3 N–H and O–H groups in total. The summed E-state index contributed by atoms with van der Waals surface area (Å²) in [6, 6.07) is 9.91. The van der Waals surface area contributed by atoms with Crippen LogP contribution >= 0.6 is 11.6 Å². The topological polar surface area (TPSA) is 81.4 Å². The molecule has 0 bridgehead atoms. The predicted octanol–water partition coefficient (Wildman–Crippen LogP) is 2.60. The van der Waals surface area contributed by atoms with Gasteiger partial charge in [-0.1, -0.05) is 17.7 Å². The lowest BCUT2D eigenvalue weighted by Gasteiger charge is -2.09. The van der Waals surface area contributed by atoms with Crippen LogP contribution < -0.4 is 15.8 Å². The van der Waals surface area contributed by atoms with Crippen molar-refractivity contribution in [3.05, 3.63) is 58.9 Å². The van der Waals surface area contributed by atoms with E-state index in [1.807, 2.05) is 0 Å². The first kappa shape index (κ1) is 15.8. The Bertz CT molecular complexity index is 722. The summed E-state index contributed by atoms with van der Waals surface area (Å²) in [5.74, 6) is -1.24. The van der Waals surface area contributed by atoms with E-state index in [4.69, 9.17) is 22.1 Å². The third-order valence-electron chi connectivity index (χ3n) is 2.65. The minimum Gasteiger partial charge on any atom is -0.484 e. The molecule has 0 saturated carbocycles. The Morgan fingerprint density at radius 1 is 1.23 bits per heavy atom. The maximum atomic E-state index is 13.0.